The molecule has 617 valence electrons. The van der Waals surface area contributed by atoms with Gasteiger partial charge in [0.05, 0.1) is 92.8 Å². The third-order valence-corrected chi connectivity index (χ3v) is 18.4. The molecule has 0 spiro atoms. The van der Waals surface area contributed by atoms with Gasteiger partial charge in [-0.25, -0.2) is 0 Å². The Morgan fingerprint density at radius 1 is 0.245 bits per heavy atom. The summed E-state index contributed by atoms with van der Waals surface area (Å²) in [5.74, 6) is 0. The first-order chi connectivity index (χ1) is 49.1. The Hall–Kier alpha value is -7.27. The summed E-state index contributed by atoms with van der Waals surface area (Å²) in [5.41, 5.74) is -19.6. The van der Waals surface area contributed by atoms with Crippen molar-refractivity contribution in [2.45, 2.75) is 264 Å². The van der Waals surface area contributed by atoms with Crippen LogP contribution in [0, 0.1) is 80.7 Å². The largest absolute Gasteiger partial charge is 3.00 e. The van der Waals surface area contributed by atoms with E-state index >= 15 is 0 Å². The van der Waals surface area contributed by atoms with Gasteiger partial charge in [0.1, 0.15) is 6.15 Å². The van der Waals surface area contributed by atoms with Crippen molar-refractivity contribution in [2.75, 3.05) is 0 Å². The third-order valence-electron chi connectivity index (χ3n) is 18.4. The molecule has 110 heavy (non-hydrogen) atoms. The van der Waals surface area contributed by atoms with Gasteiger partial charge in [-0.2, -0.15) is 127 Å². The van der Waals surface area contributed by atoms with Crippen LogP contribution in [0.5, 0.6) is 0 Å². The molecule has 0 saturated carbocycles. The van der Waals surface area contributed by atoms with Gasteiger partial charge >= 0.3 is 68.9 Å². The van der Waals surface area contributed by atoms with E-state index in [4.69, 9.17) is 0 Å². The smallest absolute Gasteiger partial charge is 1.00 e. The number of halogens is 24. The van der Waals surface area contributed by atoms with Crippen LogP contribution in [0.25, 0.3) is 0 Å². The molecule has 0 aliphatic rings. The molecule has 0 fully saturated rings. The van der Waals surface area contributed by atoms with Crippen LogP contribution in [-0.4, -0.2) is 24.4 Å². The first kappa shape index (κ1) is 96.9. The van der Waals surface area contributed by atoms with Gasteiger partial charge in [-0.15, -0.1) is 0 Å². The fourth-order valence-electron chi connectivity index (χ4n) is 12.6. The van der Waals surface area contributed by atoms with Gasteiger partial charge < -0.3 is 39.4 Å². The van der Waals surface area contributed by atoms with E-state index in [1.165, 1.54) is 45.6 Å². The summed E-state index contributed by atoms with van der Waals surface area (Å²) in [6.07, 6.45) is -41.3. The molecule has 0 N–H and O–H groups in total. The van der Waals surface area contributed by atoms with E-state index in [1.54, 1.807) is 0 Å². The molecule has 0 bridgehead atoms. The van der Waals surface area contributed by atoms with E-state index in [-0.39, 0.29) is 22.3 Å². The van der Waals surface area contributed by atoms with E-state index in [0.29, 0.717) is 48.3 Å². The van der Waals surface area contributed by atoms with Gasteiger partial charge in [-0.05, 0) is 181 Å². The minimum absolute atomic E-state index is 0. The molecule has 1 radical (unpaired) electrons. The van der Waals surface area contributed by atoms with Crippen LogP contribution >= 0.6 is 0 Å². The number of rotatable bonds is 12. The summed E-state index contributed by atoms with van der Waals surface area (Å²) in [5, 5.41) is 0. The predicted molar refractivity (Wildman–Crippen MR) is 367 cm³/mol. The summed E-state index contributed by atoms with van der Waals surface area (Å²) in [7, 11) is 0. The zero-order chi connectivity index (χ0) is 84.6. The van der Waals surface area contributed by atoms with Gasteiger partial charge in [-0.3, -0.25) is 0 Å². The number of nitrogens with zero attached hydrogens (tertiary/aromatic N) is 8. The van der Waals surface area contributed by atoms with Crippen LogP contribution in [0.3, 0.4) is 0 Å². The normalized spacial score (nSPS) is 12.9. The van der Waals surface area contributed by atoms with Crippen LogP contribution in [-0.2, 0) is 68.9 Å². The van der Waals surface area contributed by atoms with Crippen LogP contribution in [0.2, 0.25) is 0 Å². The number of imidazole rings is 4. The molecule has 0 aliphatic heterocycles. The Morgan fingerprint density at radius 2 is 0.364 bits per heavy atom. The molecule has 4 aromatic heterocycles. The van der Waals surface area contributed by atoms with Gasteiger partial charge in [0.25, 0.3) is 0 Å². The van der Waals surface area contributed by atoms with Crippen molar-refractivity contribution in [3.05, 3.63) is 188 Å². The van der Waals surface area contributed by atoms with E-state index < -0.39 is 195 Å². The van der Waals surface area contributed by atoms with Crippen molar-refractivity contribution in [1.29, 1.82) is 0 Å². The van der Waals surface area contributed by atoms with Crippen LogP contribution in [0.1, 0.15) is 252 Å². The standard InChI is InChI=1S/C32H12BF24.4C11H20N2.Ru.2H/c34-25(35,36)13-1-14(26(37,38)39)6-21(5-13)33(22-7-15(27(40,41)42)2-16(8-22)28(43,44)45,23-9-17(29(46,47)48)3-18(10-23)30(49,50)51)24-11-19(31(52,53)54)4-20(12-24)32(55,56)57;4*1-8(2)12-7-13(9(3)4)11(6)10(12)5;;;/h1-12H;4*8-9H,1-6H3;;;/q-1;;;;;+3;2*-1. The fourth-order valence-corrected chi connectivity index (χ4v) is 12.6. The summed E-state index contributed by atoms with van der Waals surface area (Å²) in [4.78, 5) is 0. The molecular weight excluding hydrogens is 1590 g/mol. The van der Waals surface area contributed by atoms with Crippen molar-refractivity contribution >= 4 is 28.0 Å². The van der Waals surface area contributed by atoms with E-state index in [1.807, 2.05) is 0 Å². The first-order valence-electron chi connectivity index (χ1n) is 34.5. The van der Waals surface area contributed by atoms with E-state index in [0.717, 1.165) is 0 Å². The quantitative estimate of drug-likeness (QED) is 0.0506. The summed E-state index contributed by atoms with van der Waals surface area (Å²) < 4.78 is 358. The maximum absolute atomic E-state index is 14.2. The van der Waals surface area contributed by atoms with E-state index in [2.05, 4.69) is 228 Å². The number of benzene rings is 4. The molecular formula is C76H94BF24N8Ru. The third kappa shape index (κ3) is 23.0. The topological polar surface area (TPSA) is 35.2 Å². The van der Waals surface area contributed by atoms with Crippen molar-refractivity contribution in [1.82, 2.24) is 18.3 Å². The Morgan fingerprint density at radius 3 is 0.436 bits per heavy atom. The average molecular weight is 1690 g/mol. The second kappa shape index (κ2) is 35.4. The van der Waals surface area contributed by atoms with Crippen LogP contribution in [0.15, 0.2) is 72.8 Å². The average Bonchev–Trinajstić information content (AvgIpc) is 0.946. The molecule has 0 saturated heterocycles. The molecule has 0 unspecified atom stereocenters. The zero-order valence-electron chi connectivity index (χ0n) is 67.1. The number of hydrogen-bond donors (Lipinski definition) is 0. The molecule has 8 rings (SSSR count). The van der Waals surface area contributed by atoms with Crippen LogP contribution in [0.4, 0.5) is 105 Å². The molecule has 4 aromatic carbocycles. The van der Waals surface area contributed by atoms with Gasteiger partial charge in [-0.1, -0.05) is 104 Å². The maximum atomic E-state index is 14.2. The number of alkyl halides is 24. The minimum Gasteiger partial charge on any atom is -1.00 e. The van der Waals surface area contributed by atoms with Crippen molar-refractivity contribution in [2.24, 2.45) is 0 Å². The summed E-state index contributed by atoms with van der Waals surface area (Å²) >= 11 is 0. The molecule has 4 heterocycles. The van der Waals surface area contributed by atoms with Gasteiger partial charge in [0.15, 0.2) is 0 Å². The fraction of sp³-hybridized carbons (Fsp3) is 0.526. The Bertz CT molecular complexity index is 3620. The second-order valence-electron chi connectivity index (χ2n) is 29.0. The van der Waals surface area contributed by atoms with Gasteiger partial charge in [0, 0.05) is 0 Å². The van der Waals surface area contributed by atoms with Crippen molar-refractivity contribution in [3.63, 3.8) is 0 Å². The summed E-state index contributed by atoms with van der Waals surface area (Å²) in [6, 6.07) is -4.82. The zero-order valence-corrected chi connectivity index (χ0v) is 66.9. The van der Waals surface area contributed by atoms with Gasteiger partial charge in [0.2, 0.25) is 25.3 Å². The Labute approximate surface area is 641 Å². The van der Waals surface area contributed by atoms with Crippen molar-refractivity contribution in [3.8, 4) is 0 Å². The summed E-state index contributed by atoms with van der Waals surface area (Å²) in [6.45, 7) is 52.3. The molecule has 34 heteroatoms. The predicted octanol–water partition coefficient (Wildman–Crippen LogP) is 20.9. The van der Waals surface area contributed by atoms with E-state index in [9.17, 15) is 105 Å². The molecule has 0 aliphatic carbocycles. The number of hydrogen-bond acceptors (Lipinski definition) is 0. The Kier molecular flexibility index (Phi) is 31.2. The number of aromatic nitrogens is 8. The minimum atomic E-state index is -6.13. The molecule has 8 aromatic rings. The second-order valence-corrected chi connectivity index (χ2v) is 29.0. The maximum Gasteiger partial charge on any atom is 3.00 e. The first-order valence-corrected chi connectivity index (χ1v) is 34.5. The molecule has 0 atom stereocenters. The van der Waals surface area contributed by atoms with Crippen molar-refractivity contribution < 1.29 is 146 Å². The SMILES string of the molecule is Cc1c(C)[n+](C(C)C)[c-]n1C(C)C.Cc1c(C)[n+](C(C)C)[c-]n1C(C)C.Cc1c(C)[n+](C(C)C)[c-]n1C(C)C.Cc1c(C)[n+](C(C)C)[c-]n1C(C)C.FC(F)(F)c1cc([B-](c2cc(C(F)(F)F)cc(C(F)(F)F)c2)(c2cc(C(F)(F)F)cc(C(F)(F)F)c2)c2cc(C(F)(F)F)cc(C(F)(F)F)c2)cc(C(F)(F)F)c1.[H-].[H-].[Ru+3]. The monoisotopic (exact) mass is 1690 g/mol. The van der Waals surface area contributed by atoms with Crippen LogP contribution < -0.4 is 40.1 Å². The molecule has 0 amide bonds. The Balaban J connectivity index is 0.000000905. The molecule has 8 nitrogen and oxygen atoms in total.